The number of ketones is 1. The number of aryl methyl sites for hydroxylation is 1. The molecule has 0 aliphatic carbocycles. The first-order valence-corrected chi connectivity index (χ1v) is 9.19. The third-order valence-electron chi connectivity index (χ3n) is 4.81. The van der Waals surface area contributed by atoms with Crippen molar-refractivity contribution in [2.24, 2.45) is 5.41 Å². The molecule has 1 aromatic heterocycles. The van der Waals surface area contributed by atoms with Crippen LogP contribution in [0.25, 0.3) is 0 Å². The SMILES string of the molecule is Cc1ccc(C2C(C(=O)C(C)(C)C)=C(O)C(=O)N2CCc2ccc(F)cc2)o1. The minimum Gasteiger partial charge on any atom is -0.503 e. The second kappa shape index (κ2) is 7.26. The van der Waals surface area contributed by atoms with Crippen LogP contribution < -0.4 is 0 Å². The number of furan rings is 1. The Labute approximate surface area is 163 Å². The molecule has 5 nitrogen and oxygen atoms in total. The molecule has 6 heteroatoms. The van der Waals surface area contributed by atoms with Gasteiger partial charge in [0.2, 0.25) is 0 Å². The van der Waals surface area contributed by atoms with Gasteiger partial charge in [0.1, 0.15) is 23.4 Å². The number of halogens is 1. The van der Waals surface area contributed by atoms with Crippen molar-refractivity contribution in [3.63, 3.8) is 0 Å². The summed E-state index contributed by atoms with van der Waals surface area (Å²) in [5, 5.41) is 10.5. The number of amides is 1. The molecule has 3 rings (SSSR count). The van der Waals surface area contributed by atoms with Crippen LogP contribution in [0.5, 0.6) is 0 Å². The molecule has 0 saturated heterocycles. The Hall–Kier alpha value is -2.89. The summed E-state index contributed by atoms with van der Waals surface area (Å²) >= 11 is 0. The van der Waals surface area contributed by atoms with Crippen molar-refractivity contribution >= 4 is 11.7 Å². The minimum atomic E-state index is -0.784. The van der Waals surface area contributed by atoms with Crippen LogP contribution in [-0.4, -0.2) is 28.2 Å². The zero-order valence-electron chi connectivity index (χ0n) is 16.5. The lowest BCUT2D eigenvalue weighted by molar-refractivity contribution is -0.129. The summed E-state index contributed by atoms with van der Waals surface area (Å²) < 4.78 is 18.8. The van der Waals surface area contributed by atoms with Gasteiger partial charge in [0.05, 0.1) is 5.57 Å². The lowest BCUT2D eigenvalue weighted by Crippen LogP contribution is -2.34. The van der Waals surface area contributed by atoms with Gasteiger partial charge in [-0.1, -0.05) is 32.9 Å². The molecule has 1 aromatic carbocycles. The molecule has 1 N–H and O–H groups in total. The Balaban J connectivity index is 1.95. The largest absolute Gasteiger partial charge is 0.503 e. The molecule has 28 heavy (non-hydrogen) atoms. The molecular weight excluding hydrogens is 361 g/mol. The van der Waals surface area contributed by atoms with E-state index in [0.29, 0.717) is 17.9 Å². The standard InChI is InChI=1S/C22H24FNO4/c1-13-5-10-16(28-13)18-17(20(26)22(2,3)4)19(25)21(27)24(18)12-11-14-6-8-15(23)9-7-14/h5-10,18,25H,11-12H2,1-4H3. The Morgan fingerprint density at radius 3 is 2.36 bits per heavy atom. The Morgan fingerprint density at radius 2 is 1.82 bits per heavy atom. The number of rotatable bonds is 5. The maximum atomic E-state index is 13.1. The average Bonchev–Trinajstić information content (AvgIpc) is 3.15. The first-order chi connectivity index (χ1) is 13.1. The molecule has 2 aromatic rings. The molecule has 1 aliphatic heterocycles. The van der Waals surface area contributed by atoms with Gasteiger partial charge in [-0.2, -0.15) is 0 Å². The van der Waals surface area contributed by atoms with E-state index in [9.17, 15) is 19.1 Å². The number of aliphatic hydroxyl groups is 1. The van der Waals surface area contributed by atoms with Crippen molar-refractivity contribution < 1.29 is 23.5 Å². The van der Waals surface area contributed by atoms with Gasteiger partial charge in [0, 0.05) is 12.0 Å². The lowest BCUT2D eigenvalue weighted by Gasteiger charge is -2.27. The van der Waals surface area contributed by atoms with Crippen LogP contribution in [0.15, 0.2) is 52.1 Å². The van der Waals surface area contributed by atoms with E-state index in [0.717, 1.165) is 5.56 Å². The lowest BCUT2D eigenvalue weighted by atomic mass is 9.83. The maximum absolute atomic E-state index is 13.1. The van der Waals surface area contributed by atoms with Gasteiger partial charge in [-0.15, -0.1) is 0 Å². The number of aliphatic hydroxyl groups excluding tert-OH is 1. The Kier molecular flexibility index (Phi) is 5.15. The number of Topliss-reactive ketones (excluding diaryl/α,β-unsaturated/α-hetero) is 1. The van der Waals surface area contributed by atoms with Gasteiger partial charge in [-0.25, -0.2) is 4.39 Å². The molecule has 1 atom stereocenters. The highest BCUT2D eigenvalue weighted by Gasteiger charge is 2.47. The van der Waals surface area contributed by atoms with Gasteiger partial charge < -0.3 is 14.4 Å². The fourth-order valence-electron chi connectivity index (χ4n) is 3.32. The van der Waals surface area contributed by atoms with Crippen LogP contribution in [0.3, 0.4) is 0 Å². The van der Waals surface area contributed by atoms with Crippen LogP contribution in [0.2, 0.25) is 0 Å². The van der Waals surface area contributed by atoms with E-state index >= 15 is 0 Å². The molecule has 0 bridgehead atoms. The van der Waals surface area contributed by atoms with Gasteiger partial charge in [0.25, 0.3) is 5.91 Å². The van der Waals surface area contributed by atoms with Crippen molar-refractivity contribution in [3.8, 4) is 0 Å². The van der Waals surface area contributed by atoms with Gasteiger partial charge in [0.15, 0.2) is 11.5 Å². The van der Waals surface area contributed by atoms with E-state index in [4.69, 9.17) is 4.42 Å². The first-order valence-electron chi connectivity index (χ1n) is 9.19. The molecule has 2 heterocycles. The molecular formula is C22H24FNO4. The normalized spacial score (nSPS) is 17.5. The zero-order valence-corrected chi connectivity index (χ0v) is 16.5. The minimum absolute atomic E-state index is 0.0611. The van der Waals surface area contributed by atoms with Gasteiger partial charge in [-0.05, 0) is 43.2 Å². The highest BCUT2D eigenvalue weighted by molar-refractivity contribution is 6.10. The van der Waals surface area contributed by atoms with E-state index in [-0.39, 0.29) is 23.7 Å². The number of benzene rings is 1. The monoisotopic (exact) mass is 385 g/mol. The van der Waals surface area contributed by atoms with Crippen molar-refractivity contribution in [1.29, 1.82) is 0 Å². The molecule has 1 unspecified atom stereocenters. The molecule has 1 aliphatic rings. The van der Waals surface area contributed by atoms with E-state index in [1.54, 1.807) is 52.0 Å². The molecule has 0 fully saturated rings. The number of carbonyl (C=O) groups excluding carboxylic acids is 2. The smallest absolute Gasteiger partial charge is 0.290 e. The Bertz CT molecular complexity index is 934. The fourth-order valence-corrected chi connectivity index (χ4v) is 3.32. The zero-order chi connectivity index (χ0) is 20.6. The van der Waals surface area contributed by atoms with Crippen LogP contribution >= 0.6 is 0 Å². The van der Waals surface area contributed by atoms with E-state index in [1.165, 1.54) is 17.0 Å². The topological polar surface area (TPSA) is 70.8 Å². The predicted octanol–water partition coefficient (Wildman–Crippen LogP) is 4.28. The Morgan fingerprint density at radius 1 is 1.18 bits per heavy atom. The predicted molar refractivity (Wildman–Crippen MR) is 102 cm³/mol. The van der Waals surface area contributed by atoms with E-state index in [2.05, 4.69) is 0 Å². The van der Waals surface area contributed by atoms with Crippen LogP contribution in [0.1, 0.15) is 43.9 Å². The highest BCUT2D eigenvalue weighted by atomic mass is 19.1. The highest BCUT2D eigenvalue weighted by Crippen LogP contribution is 2.41. The number of carbonyl (C=O) groups is 2. The summed E-state index contributed by atoms with van der Waals surface area (Å²) in [4.78, 5) is 27.2. The van der Waals surface area contributed by atoms with Crippen molar-refractivity contribution in [1.82, 2.24) is 4.90 Å². The van der Waals surface area contributed by atoms with Crippen molar-refractivity contribution in [3.05, 3.63) is 70.6 Å². The molecule has 0 saturated carbocycles. The third-order valence-corrected chi connectivity index (χ3v) is 4.81. The molecule has 148 valence electrons. The first kappa shape index (κ1) is 19.9. The molecule has 1 amide bonds. The maximum Gasteiger partial charge on any atom is 0.290 e. The number of hydrogen-bond acceptors (Lipinski definition) is 4. The van der Waals surface area contributed by atoms with E-state index in [1.807, 2.05) is 0 Å². The number of hydrogen-bond donors (Lipinski definition) is 1. The summed E-state index contributed by atoms with van der Waals surface area (Å²) in [5.41, 5.74) is 0.140. The van der Waals surface area contributed by atoms with Gasteiger partial charge in [-0.3, -0.25) is 9.59 Å². The van der Waals surface area contributed by atoms with Crippen LogP contribution in [0.4, 0.5) is 4.39 Å². The van der Waals surface area contributed by atoms with Crippen molar-refractivity contribution in [2.75, 3.05) is 6.54 Å². The summed E-state index contributed by atoms with van der Waals surface area (Å²) in [7, 11) is 0. The molecule has 0 radical (unpaired) electrons. The summed E-state index contributed by atoms with van der Waals surface area (Å²) in [5.74, 6) is -0.688. The summed E-state index contributed by atoms with van der Waals surface area (Å²) in [6.45, 7) is 7.25. The summed E-state index contributed by atoms with van der Waals surface area (Å²) in [6.07, 6.45) is 0.451. The van der Waals surface area contributed by atoms with Gasteiger partial charge >= 0.3 is 0 Å². The quantitative estimate of drug-likeness (QED) is 0.834. The van der Waals surface area contributed by atoms with Crippen LogP contribution in [0, 0.1) is 18.2 Å². The van der Waals surface area contributed by atoms with Crippen molar-refractivity contribution in [2.45, 2.75) is 40.2 Å². The molecule has 0 spiro atoms. The average molecular weight is 385 g/mol. The number of nitrogens with zero attached hydrogens (tertiary/aromatic N) is 1. The summed E-state index contributed by atoms with van der Waals surface area (Å²) in [6, 6.07) is 8.71. The fraction of sp³-hybridized carbons (Fsp3) is 0.364. The second-order valence-corrected chi connectivity index (χ2v) is 8.07. The van der Waals surface area contributed by atoms with Crippen LogP contribution in [-0.2, 0) is 16.0 Å². The van der Waals surface area contributed by atoms with E-state index < -0.39 is 23.1 Å². The second-order valence-electron chi connectivity index (χ2n) is 8.07. The third kappa shape index (κ3) is 3.72.